The summed E-state index contributed by atoms with van der Waals surface area (Å²) in [6, 6.07) is 3.68. The van der Waals surface area contributed by atoms with Crippen LogP contribution < -0.4 is 5.32 Å². The number of furan rings is 1. The standard InChI is InChI=1S/C16H24N6O.HI/c1-12-6-9-22(10-7-12)16(17-2)18-8-5-14-19-15(21-20-14)13-4-3-11-23-13;/h3-4,11-12H,5-10H2,1-2H3,(H,17,18)(H,19,20,21);1H. The lowest BCUT2D eigenvalue weighted by Crippen LogP contribution is -2.45. The summed E-state index contributed by atoms with van der Waals surface area (Å²) in [6.45, 7) is 5.23. The second kappa shape index (κ2) is 9.05. The number of aliphatic imine (C=N–C) groups is 1. The van der Waals surface area contributed by atoms with E-state index in [1.807, 2.05) is 19.2 Å². The van der Waals surface area contributed by atoms with E-state index >= 15 is 0 Å². The minimum absolute atomic E-state index is 0. The summed E-state index contributed by atoms with van der Waals surface area (Å²) >= 11 is 0. The Bertz CT molecular complexity index is 631. The zero-order valence-corrected chi connectivity index (χ0v) is 16.5. The molecular weight excluding hydrogens is 419 g/mol. The Hall–Kier alpha value is -1.58. The monoisotopic (exact) mass is 444 g/mol. The Morgan fingerprint density at radius 3 is 2.92 bits per heavy atom. The van der Waals surface area contributed by atoms with Crippen LogP contribution in [0.25, 0.3) is 11.6 Å². The van der Waals surface area contributed by atoms with Crippen LogP contribution in [0.4, 0.5) is 0 Å². The molecule has 0 aromatic carbocycles. The highest BCUT2D eigenvalue weighted by molar-refractivity contribution is 14.0. The summed E-state index contributed by atoms with van der Waals surface area (Å²) in [6.07, 6.45) is 4.85. The molecule has 7 nitrogen and oxygen atoms in total. The summed E-state index contributed by atoms with van der Waals surface area (Å²) < 4.78 is 5.29. The summed E-state index contributed by atoms with van der Waals surface area (Å²) in [7, 11) is 1.84. The van der Waals surface area contributed by atoms with E-state index in [9.17, 15) is 0 Å². The number of piperidine rings is 1. The predicted molar refractivity (Wildman–Crippen MR) is 105 cm³/mol. The zero-order valence-electron chi connectivity index (χ0n) is 14.2. The lowest BCUT2D eigenvalue weighted by molar-refractivity contribution is 0.273. The van der Waals surface area contributed by atoms with E-state index in [0.717, 1.165) is 43.8 Å². The third kappa shape index (κ3) is 4.71. The van der Waals surface area contributed by atoms with Gasteiger partial charge in [0.2, 0.25) is 5.82 Å². The fourth-order valence-electron chi connectivity index (χ4n) is 2.77. The van der Waals surface area contributed by atoms with E-state index < -0.39 is 0 Å². The Kier molecular flexibility index (Phi) is 7.07. The second-order valence-electron chi connectivity index (χ2n) is 5.98. The molecule has 8 heteroatoms. The van der Waals surface area contributed by atoms with Crippen LogP contribution >= 0.6 is 24.0 Å². The van der Waals surface area contributed by atoms with Crippen LogP contribution in [0, 0.1) is 5.92 Å². The number of guanidine groups is 1. The number of hydrogen-bond donors (Lipinski definition) is 2. The maximum atomic E-state index is 5.29. The molecule has 0 saturated carbocycles. The van der Waals surface area contributed by atoms with Crippen molar-refractivity contribution >= 4 is 29.9 Å². The molecule has 0 bridgehead atoms. The first-order chi connectivity index (χ1) is 11.3. The lowest BCUT2D eigenvalue weighted by Gasteiger charge is -2.32. The number of nitrogens with one attached hydrogen (secondary N) is 2. The van der Waals surface area contributed by atoms with Crippen LogP contribution in [0.3, 0.4) is 0 Å². The van der Waals surface area contributed by atoms with Crippen LogP contribution in [-0.4, -0.2) is 52.7 Å². The smallest absolute Gasteiger partial charge is 0.216 e. The Morgan fingerprint density at radius 1 is 1.46 bits per heavy atom. The average Bonchev–Trinajstić information content (AvgIpc) is 3.24. The van der Waals surface area contributed by atoms with Crippen LogP contribution in [-0.2, 0) is 6.42 Å². The van der Waals surface area contributed by atoms with E-state index in [4.69, 9.17) is 4.42 Å². The van der Waals surface area contributed by atoms with Gasteiger partial charge in [0.05, 0.1) is 6.26 Å². The first-order valence-electron chi connectivity index (χ1n) is 8.17. The topological polar surface area (TPSA) is 82.3 Å². The number of H-pyrrole nitrogens is 1. The van der Waals surface area contributed by atoms with Crippen LogP contribution in [0.1, 0.15) is 25.6 Å². The minimum Gasteiger partial charge on any atom is -0.461 e. The molecule has 3 rings (SSSR count). The van der Waals surface area contributed by atoms with E-state index in [1.54, 1.807) is 6.26 Å². The predicted octanol–water partition coefficient (Wildman–Crippen LogP) is 2.53. The number of aromatic amines is 1. The van der Waals surface area contributed by atoms with Crippen molar-refractivity contribution in [2.75, 3.05) is 26.7 Å². The average molecular weight is 444 g/mol. The summed E-state index contributed by atoms with van der Waals surface area (Å²) in [5.74, 6) is 3.91. The molecule has 0 amide bonds. The molecule has 1 fully saturated rings. The van der Waals surface area contributed by atoms with E-state index in [0.29, 0.717) is 11.6 Å². The molecule has 0 unspecified atom stereocenters. The number of rotatable bonds is 4. The van der Waals surface area contributed by atoms with Crippen molar-refractivity contribution in [3.63, 3.8) is 0 Å². The van der Waals surface area contributed by atoms with Crippen molar-refractivity contribution < 1.29 is 4.42 Å². The molecule has 0 aliphatic carbocycles. The van der Waals surface area contributed by atoms with E-state index in [-0.39, 0.29) is 24.0 Å². The molecule has 1 saturated heterocycles. The SMILES string of the molecule is CN=C(NCCc1nc(-c2ccco2)n[nH]1)N1CCC(C)CC1.I. The molecule has 0 atom stereocenters. The number of hydrogen-bond acceptors (Lipinski definition) is 4. The van der Waals surface area contributed by atoms with Crippen LogP contribution in [0.15, 0.2) is 27.8 Å². The second-order valence-corrected chi connectivity index (χ2v) is 5.98. The fourth-order valence-corrected chi connectivity index (χ4v) is 2.77. The number of likely N-dealkylation sites (tertiary alicyclic amines) is 1. The normalized spacial score (nSPS) is 16.1. The third-order valence-corrected chi connectivity index (χ3v) is 4.21. The maximum absolute atomic E-state index is 5.29. The van der Waals surface area contributed by atoms with E-state index in [2.05, 4.69) is 37.3 Å². The van der Waals surface area contributed by atoms with Crippen LogP contribution in [0.5, 0.6) is 0 Å². The molecule has 3 heterocycles. The van der Waals surface area contributed by atoms with Crippen molar-refractivity contribution in [1.29, 1.82) is 0 Å². The molecule has 0 spiro atoms. The van der Waals surface area contributed by atoms with Gasteiger partial charge in [0.1, 0.15) is 5.82 Å². The van der Waals surface area contributed by atoms with Gasteiger partial charge >= 0.3 is 0 Å². The van der Waals surface area contributed by atoms with Crippen molar-refractivity contribution in [2.45, 2.75) is 26.2 Å². The fraction of sp³-hybridized carbons (Fsp3) is 0.562. The molecule has 2 aromatic rings. The van der Waals surface area contributed by atoms with Gasteiger partial charge in [-0.3, -0.25) is 10.1 Å². The highest BCUT2D eigenvalue weighted by Crippen LogP contribution is 2.16. The van der Waals surface area contributed by atoms with Gasteiger partial charge in [0.15, 0.2) is 11.7 Å². The number of nitrogens with zero attached hydrogens (tertiary/aromatic N) is 4. The first-order valence-corrected chi connectivity index (χ1v) is 8.17. The minimum atomic E-state index is 0. The van der Waals surface area contributed by atoms with Gasteiger partial charge in [0, 0.05) is 33.1 Å². The summed E-state index contributed by atoms with van der Waals surface area (Å²) in [4.78, 5) is 11.2. The van der Waals surface area contributed by atoms with Gasteiger partial charge in [-0.2, -0.15) is 5.10 Å². The molecular formula is C16H25IN6O. The Balaban J connectivity index is 0.00000208. The van der Waals surface area contributed by atoms with Gasteiger partial charge in [0.25, 0.3) is 0 Å². The van der Waals surface area contributed by atoms with Crippen molar-refractivity contribution in [3.05, 3.63) is 24.2 Å². The number of halogens is 1. The Labute approximate surface area is 159 Å². The highest BCUT2D eigenvalue weighted by atomic mass is 127. The highest BCUT2D eigenvalue weighted by Gasteiger charge is 2.18. The molecule has 1 aliphatic rings. The van der Waals surface area contributed by atoms with Crippen molar-refractivity contribution in [1.82, 2.24) is 25.4 Å². The Morgan fingerprint density at radius 2 is 2.25 bits per heavy atom. The zero-order chi connectivity index (χ0) is 16.1. The van der Waals surface area contributed by atoms with Crippen LogP contribution in [0.2, 0.25) is 0 Å². The third-order valence-electron chi connectivity index (χ3n) is 4.21. The van der Waals surface area contributed by atoms with Gasteiger partial charge < -0.3 is 14.6 Å². The van der Waals surface area contributed by atoms with Gasteiger partial charge in [-0.05, 0) is 30.9 Å². The molecule has 2 aromatic heterocycles. The first kappa shape index (κ1) is 18.8. The van der Waals surface area contributed by atoms with E-state index in [1.165, 1.54) is 12.8 Å². The molecule has 2 N–H and O–H groups in total. The molecule has 132 valence electrons. The van der Waals surface area contributed by atoms with Gasteiger partial charge in [-0.25, -0.2) is 4.98 Å². The van der Waals surface area contributed by atoms with Gasteiger partial charge in [-0.1, -0.05) is 6.92 Å². The largest absolute Gasteiger partial charge is 0.461 e. The molecule has 1 aliphatic heterocycles. The summed E-state index contributed by atoms with van der Waals surface area (Å²) in [5.41, 5.74) is 0. The van der Waals surface area contributed by atoms with Crippen molar-refractivity contribution in [2.24, 2.45) is 10.9 Å². The van der Waals surface area contributed by atoms with Crippen molar-refractivity contribution in [3.8, 4) is 11.6 Å². The lowest BCUT2D eigenvalue weighted by atomic mass is 10.00. The quantitative estimate of drug-likeness (QED) is 0.431. The molecule has 0 radical (unpaired) electrons. The maximum Gasteiger partial charge on any atom is 0.216 e. The number of aromatic nitrogens is 3. The molecule has 24 heavy (non-hydrogen) atoms. The van der Waals surface area contributed by atoms with Gasteiger partial charge in [-0.15, -0.1) is 24.0 Å². The summed E-state index contributed by atoms with van der Waals surface area (Å²) in [5, 5.41) is 10.5.